The summed E-state index contributed by atoms with van der Waals surface area (Å²) in [6, 6.07) is 4.90. The van der Waals surface area contributed by atoms with E-state index >= 15 is 0 Å². The lowest BCUT2D eigenvalue weighted by atomic mass is 10.3. The number of fused-ring (bicyclic) bond motifs is 1. The number of hydrogen-bond acceptors (Lipinski definition) is 2. The van der Waals surface area contributed by atoms with Crippen molar-refractivity contribution in [2.45, 2.75) is 12.8 Å². The Bertz CT molecular complexity index is 341. The van der Waals surface area contributed by atoms with Crippen LogP contribution in [-0.4, -0.2) is 15.8 Å². The molecule has 0 unspecified atom stereocenters. The van der Waals surface area contributed by atoms with Crippen LogP contribution in [0.15, 0.2) is 18.2 Å². The Hall–Kier alpha value is -1.10. The molecule has 13 heavy (non-hydrogen) atoms. The molecule has 1 aliphatic rings. The second kappa shape index (κ2) is 2.70. The molecule has 0 amide bonds. The summed E-state index contributed by atoms with van der Waals surface area (Å²) in [6.45, 7) is 1.90. The van der Waals surface area contributed by atoms with Gasteiger partial charge in [-0.15, -0.1) is 8.78 Å². The average Bonchev–Trinajstić information content (AvgIpc) is 2.37. The van der Waals surface area contributed by atoms with Crippen LogP contribution in [0.1, 0.15) is 0 Å². The van der Waals surface area contributed by atoms with Gasteiger partial charge in [-0.05, 0) is 11.3 Å². The van der Waals surface area contributed by atoms with Crippen molar-refractivity contribution in [1.29, 1.82) is 0 Å². The fraction of sp³-hybridized carbons (Fsp3) is 0.250. The largest absolute Gasteiger partial charge is 0.586 e. The van der Waals surface area contributed by atoms with Gasteiger partial charge in [-0.3, -0.25) is 0 Å². The van der Waals surface area contributed by atoms with Gasteiger partial charge in [0, 0.05) is 0 Å². The molecule has 68 valence electrons. The Labute approximate surface area is 76.3 Å². The lowest BCUT2D eigenvalue weighted by molar-refractivity contribution is -0.286. The fourth-order valence-electron chi connectivity index (χ4n) is 1.17. The number of halogens is 2. The van der Waals surface area contributed by atoms with Gasteiger partial charge < -0.3 is 9.47 Å². The van der Waals surface area contributed by atoms with E-state index in [-0.39, 0.29) is 11.5 Å². The van der Waals surface area contributed by atoms with Crippen LogP contribution in [0.2, 0.25) is 6.55 Å². The van der Waals surface area contributed by atoms with E-state index in [0.29, 0.717) is 9.52 Å². The Balaban J connectivity index is 2.45. The highest BCUT2D eigenvalue weighted by molar-refractivity contribution is 6.53. The van der Waals surface area contributed by atoms with Crippen LogP contribution in [0.5, 0.6) is 11.5 Å². The number of rotatable bonds is 1. The molecule has 5 heteroatoms. The van der Waals surface area contributed by atoms with Gasteiger partial charge >= 0.3 is 6.29 Å². The standard InChI is InChI=1S/C8H6F2O2Si/c1-13-6-4-2-3-5-7(6)12-8(9,10)11-5/h2-4H,1H3. The molecule has 1 aromatic rings. The highest BCUT2D eigenvalue weighted by Crippen LogP contribution is 2.38. The lowest BCUT2D eigenvalue weighted by Gasteiger charge is -2.05. The maximum atomic E-state index is 12.6. The van der Waals surface area contributed by atoms with Crippen molar-refractivity contribution in [2.24, 2.45) is 0 Å². The summed E-state index contributed by atoms with van der Waals surface area (Å²) < 4.78 is 33.9. The second-order valence-corrected chi connectivity index (χ2v) is 3.59. The zero-order valence-electron chi connectivity index (χ0n) is 6.80. The van der Waals surface area contributed by atoms with Crippen LogP contribution in [0, 0.1) is 0 Å². The molecule has 0 aromatic heterocycles. The Kier molecular flexibility index (Phi) is 1.76. The van der Waals surface area contributed by atoms with Crippen molar-refractivity contribution in [3.8, 4) is 11.5 Å². The molecule has 1 aliphatic heterocycles. The topological polar surface area (TPSA) is 18.5 Å². The number of ether oxygens (including phenoxy) is 2. The first-order valence-electron chi connectivity index (χ1n) is 3.69. The van der Waals surface area contributed by atoms with Crippen LogP contribution < -0.4 is 14.7 Å². The Morgan fingerprint density at radius 3 is 2.77 bits per heavy atom. The van der Waals surface area contributed by atoms with Gasteiger partial charge in [0.25, 0.3) is 0 Å². The summed E-state index contributed by atoms with van der Waals surface area (Å²) in [4.78, 5) is 0. The van der Waals surface area contributed by atoms with E-state index in [4.69, 9.17) is 0 Å². The Morgan fingerprint density at radius 2 is 2.08 bits per heavy atom. The van der Waals surface area contributed by atoms with Crippen molar-refractivity contribution in [3.05, 3.63) is 18.2 Å². The van der Waals surface area contributed by atoms with E-state index in [2.05, 4.69) is 9.47 Å². The predicted molar refractivity (Wildman–Crippen MR) is 43.9 cm³/mol. The molecule has 0 aliphatic carbocycles. The van der Waals surface area contributed by atoms with E-state index in [1.807, 2.05) is 6.55 Å². The van der Waals surface area contributed by atoms with E-state index < -0.39 is 6.29 Å². The molecule has 0 saturated carbocycles. The first-order chi connectivity index (χ1) is 6.12. The monoisotopic (exact) mass is 200 g/mol. The van der Waals surface area contributed by atoms with E-state index in [1.54, 1.807) is 12.1 Å². The minimum atomic E-state index is -3.50. The van der Waals surface area contributed by atoms with Crippen LogP contribution in [0.4, 0.5) is 8.78 Å². The summed E-state index contributed by atoms with van der Waals surface area (Å²) in [6.07, 6.45) is -3.50. The first-order valence-corrected chi connectivity index (χ1v) is 5.19. The van der Waals surface area contributed by atoms with Crippen LogP contribution in [0.25, 0.3) is 0 Å². The summed E-state index contributed by atoms with van der Waals surface area (Å²) in [5.74, 6) is 0.296. The maximum Gasteiger partial charge on any atom is 0.586 e. The van der Waals surface area contributed by atoms with Crippen LogP contribution in [-0.2, 0) is 0 Å². The van der Waals surface area contributed by atoms with Crippen molar-refractivity contribution < 1.29 is 18.3 Å². The van der Waals surface area contributed by atoms with Crippen LogP contribution >= 0.6 is 0 Å². The molecular formula is C8H6F2O2Si. The zero-order chi connectivity index (χ0) is 9.47. The number of para-hydroxylation sites is 1. The molecule has 2 rings (SSSR count). The molecule has 0 atom stereocenters. The Morgan fingerprint density at radius 1 is 1.31 bits per heavy atom. The summed E-state index contributed by atoms with van der Waals surface area (Å²) in [5, 5.41) is 0.759. The highest BCUT2D eigenvalue weighted by Gasteiger charge is 2.44. The molecule has 0 spiro atoms. The molecule has 1 aromatic carbocycles. The van der Waals surface area contributed by atoms with Crippen molar-refractivity contribution in [2.75, 3.05) is 0 Å². The normalized spacial score (nSPS) is 17.5. The lowest BCUT2D eigenvalue weighted by Crippen LogP contribution is -2.27. The van der Waals surface area contributed by atoms with E-state index in [1.165, 1.54) is 6.07 Å². The SMILES string of the molecule is C[Si]c1cccc2c1OC(F)(F)O2. The van der Waals surface area contributed by atoms with Crippen molar-refractivity contribution >= 4 is 14.7 Å². The minimum absolute atomic E-state index is 0.122. The first kappa shape index (κ1) is 8.49. The molecule has 0 N–H and O–H groups in total. The van der Waals surface area contributed by atoms with Gasteiger partial charge in [-0.1, -0.05) is 18.7 Å². The summed E-state index contributed by atoms with van der Waals surface area (Å²) >= 11 is 0. The van der Waals surface area contributed by atoms with E-state index in [0.717, 1.165) is 5.19 Å². The minimum Gasteiger partial charge on any atom is -0.395 e. The second-order valence-electron chi connectivity index (χ2n) is 2.55. The molecule has 0 fully saturated rings. The van der Waals surface area contributed by atoms with Gasteiger partial charge in [0.1, 0.15) is 0 Å². The number of benzene rings is 1. The average molecular weight is 200 g/mol. The van der Waals surface area contributed by atoms with E-state index in [9.17, 15) is 8.78 Å². The van der Waals surface area contributed by atoms with Gasteiger partial charge in [0.2, 0.25) is 0 Å². The smallest absolute Gasteiger partial charge is 0.395 e. The van der Waals surface area contributed by atoms with Crippen molar-refractivity contribution in [1.82, 2.24) is 0 Å². The molecule has 0 bridgehead atoms. The highest BCUT2D eigenvalue weighted by atomic mass is 28.2. The predicted octanol–water partition coefficient (Wildman–Crippen LogP) is 1.39. The quantitative estimate of drug-likeness (QED) is 0.638. The zero-order valence-corrected chi connectivity index (χ0v) is 7.80. The maximum absolute atomic E-state index is 12.6. The van der Waals surface area contributed by atoms with Gasteiger partial charge in [0.15, 0.2) is 11.5 Å². The molecule has 0 saturated heterocycles. The molecule has 2 nitrogen and oxygen atoms in total. The third-order valence-corrected chi connectivity index (χ3v) is 2.63. The van der Waals surface area contributed by atoms with Gasteiger partial charge in [-0.25, -0.2) is 0 Å². The van der Waals surface area contributed by atoms with Gasteiger partial charge in [-0.2, -0.15) is 0 Å². The number of alkyl halides is 2. The third kappa shape index (κ3) is 1.39. The third-order valence-electron chi connectivity index (χ3n) is 1.70. The molecule has 1 heterocycles. The summed E-state index contributed by atoms with van der Waals surface area (Å²) in [7, 11) is 0.410. The number of hydrogen-bond donors (Lipinski definition) is 0. The van der Waals surface area contributed by atoms with Crippen molar-refractivity contribution in [3.63, 3.8) is 0 Å². The van der Waals surface area contributed by atoms with Gasteiger partial charge in [0.05, 0.1) is 9.52 Å². The summed E-state index contributed by atoms with van der Waals surface area (Å²) in [5.41, 5.74) is 0. The molecular weight excluding hydrogens is 194 g/mol. The fourth-order valence-corrected chi connectivity index (χ4v) is 1.83. The van der Waals surface area contributed by atoms with Crippen LogP contribution in [0.3, 0.4) is 0 Å². The molecule has 2 radical (unpaired) electrons.